The van der Waals surface area contributed by atoms with E-state index in [0.29, 0.717) is 29.9 Å². The third-order valence-electron chi connectivity index (χ3n) is 4.14. The molecule has 2 aromatic rings. The number of rotatable bonds is 5. The molecule has 0 heterocycles. The van der Waals surface area contributed by atoms with E-state index in [0.717, 1.165) is 0 Å². The quantitative estimate of drug-likeness (QED) is 0.720. The molecule has 0 saturated heterocycles. The van der Waals surface area contributed by atoms with E-state index in [2.05, 4.69) is 16.0 Å². The smallest absolute Gasteiger partial charge is 0.240 e. The molecule has 0 atom stereocenters. The number of amides is 3. The van der Waals surface area contributed by atoms with Crippen LogP contribution in [0.2, 0.25) is 0 Å². The fraction of sp³-hybridized carbons (Fsp3) is 0.211. The van der Waals surface area contributed by atoms with Crippen molar-refractivity contribution in [2.75, 3.05) is 16.0 Å². The first-order valence-corrected chi connectivity index (χ1v) is 8.15. The van der Waals surface area contributed by atoms with Gasteiger partial charge in [0.1, 0.15) is 11.2 Å². The number of carbonyl (C=O) groups is 3. The lowest BCUT2D eigenvalue weighted by Crippen LogP contribution is -2.35. The molecule has 1 aliphatic rings. The molecular weight excluding hydrogens is 337 g/mol. The van der Waals surface area contributed by atoms with Gasteiger partial charge >= 0.3 is 0 Å². The molecule has 1 aliphatic carbocycles. The molecule has 0 aromatic heterocycles. The van der Waals surface area contributed by atoms with Crippen molar-refractivity contribution in [1.82, 2.24) is 0 Å². The Bertz CT molecular complexity index is 878. The highest BCUT2D eigenvalue weighted by Gasteiger charge is 2.56. The van der Waals surface area contributed by atoms with Crippen molar-refractivity contribution in [2.24, 2.45) is 5.41 Å². The van der Waals surface area contributed by atoms with Crippen molar-refractivity contribution in [3.8, 4) is 0 Å². The van der Waals surface area contributed by atoms with Crippen LogP contribution < -0.4 is 16.0 Å². The zero-order chi connectivity index (χ0) is 18.7. The number of hydrogen-bond acceptors (Lipinski definition) is 3. The number of benzene rings is 2. The first-order valence-electron chi connectivity index (χ1n) is 8.15. The molecule has 2 aromatic carbocycles. The third kappa shape index (κ3) is 3.88. The highest BCUT2D eigenvalue weighted by Crippen LogP contribution is 2.47. The van der Waals surface area contributed by atoms with Crippen LogP contribution in [0.1, 0.15) is 19.8 Å². The maximum absolute atomic E-state index is 13.2. The predicted octanol–water partition coefficient (Wildman–Crippen LogP) is 3.14. The van der Waals surface area contributed by atoms with E-state index in [-0.39, 0.29) is 5.91 Å². The van der Waals surface area contributed by atoms with Crippen LogP contribution in [0, 0.1) is 11.2 Å². The molecule has 6 nitrogen and oxygen atoms in total. The molecule has 0 unspecified atom stereocenters. The van der Waals surface area contributed by atoms with E-state index in [4.69, 9.17) is 0 Å². The SMILES string of the molecule is CC(=O)Nc1cccc(NC(=O)C2(C(=O)Nc3cccc(F)c3)CC2)c1. The second-order valence-electron chi connectivity index (χ2n) is 6.26. The fourth-order valence-electron chi connectivity index (χ4n) is 2.63. The Hall–Kier alpha value is -3.22. The molecule has 3 rings (SSSR count). The Kier molecular flexibility index (Phi) is 4.71. The van der Waals surface area contributed by atoms with Gasteiger partial charge in [0.05, 0.1) is 0 Å². The molecule has 3 N–H and O–H groups in total. The van der Waals surface area contributed by atoms with Gasteiger partial charge in [-0.1, -0.05) is 12.1 Å². The highest BCUT2D eigenvalue weighted by molar-refractivity contribution is 6.17. The summed E-state index contributed by atoms with van der Waals surface area (Å²) in [6, 6.07) is 12.2. The summed E-state index contributed by atoms with van der Waals surface area (Å²) < 4.78 is 13.2. The van der Waals surface area contributed by atoms with E-state index in [9.17, 15) is 18.8 Å². The second kappa shape index (κ2) is 6.95. The van der Waals surface area contributed by atoms with Crippen LogP contribution in [0.15, 0.2) is 48.5 Å². The van der Waals surface area contributed by atoms with E-state index < -0.39 is 23.0 Å². The van der Waals surface area contributed by atoms with Crippen LogP contribution in [0.3, 0.4) is 0 Å². The van der Waals surface area contributed by atoms with Gasteiger partial charge in [0, 0.05) is 24.0 Å². The Morgan fingerprint density at radius 2 is 1.35 bits per heavy atom. The van der Waals surface area contributed by atoms with Gasteiger partial charge < -0.3 is 16.0 Å². The molecule has 0 bridgehead atoms. The largest absolute Gasteiger partial charge is 0.326 e. The maximum atomic E-state index is 13.2. The number of carbonyl (C=O) groups excluding carboxylic acids is 3. The molecule has 0 spiro atoms. The first-order chi connectivity index (χ1) is 12.4. The summed E-state index contributed by atoms with van der Waals surface area (Å²) >= 11 is 0. The predicted molar refractivity (Wildman–Crippen MR) is 96.1 cm³/mol. The van der Waals surface area contributed by atoms with Gasteiger partial charge in [0.25, 0.3) is 0 Å². The van der Waals surface area contributed by atoms with Gasteiger partial charge in [-0.15, -0.1) is 0 Å². The Morgan fingerprint density at radius 1 is 0.846 bits per heavy atom. The van der Waals surface area contributed by atoms with Crippen molar-refractivity contribution in [3.05, 3.63) is 54.3 Å². The second-order valence-corrected chi connectivity index (χ2v) is 6.26. The molecule has 7 heteroatoms. The van der Waals surface area contributed by atoms with E-state index in [1.165, 1.54) is 25.1 Å². The van der Waals surface area contributed by atoms with E-state index in [1.807, 2.05) is 0 Å². The Morgan fingerprint density at radius 3 is 1.85 bits per heavy atom. The zero-order valence-electron chi connectivity index (χ0n) is 14.1. The van der Waals surface area contributed by atoms with E-state index in [1.54, 1.807) is 30.3 Å². The number of halogens is 1. The zero-order valence-corrected chi connectivity index (χ0v) is 14.1. The van der Waals surface area contributed by atoms with Gasteiger partial charge in [-0.2, -0.15) is 0 Å². The van der Waals surface area contributed by atoms with Gasteiger partial charge in [-0.3, -0.25) is 14.4 Å². The lowest BCUT2D eigenvalue weighted by molar-refractivity contribution is -0.131. The monoisotopic (exact) mass is 355 g/mol. The van der Waals surface area contributed by atoms with Gasteiger partial charge in [-0.05, 0) is 49.2 Å². The minimum atomic E-state index is -1.16. The topological polar surface area (TPSA) is 87.3 Å². The first kappa shape index (κ1) is 17.6. The maximum Gasteiger partial charge on any atom is 0.240 e. The minimum absolute atomic E-state index is 0.221. The summed E-state index contributed by atoms with van der Waals surface area (Å²) in [5, 5.41) is 7.93. The average molecular weight is 355 g/mol. The van der Waals surface area contributed by atoms with Gasteiger partial charge in [0.2, 0.25) is 17.7 Å². The van der Waals surface area contributed by atoms with Crippen LogP contribution >= 0.6 is 0 Å². The molecule has 1 saturated carbocycles. The van der Waals surface area contributed by atoms with Crippen LogP contribution in [-0.2, 0) is 14.4 Å². The van der Waals surface area contributed by atoms with Crippen LogP contribution in [0.4, 0.5) is 21.5 Å². The summed E-state index contributed by atoms with van der Waals surface area (Å²) in [5.41, 5.74) is 0.174. The number of hydrogen-bond donors (Lipinski definition) is 3. The van der Waals surface area contributed by atoms with Gasteiger partial charge in [0.15, 0.2) is 0 Å². The van der Waals surface area contributed by atoms with Crippen LogP contribution in [0.25, 0.3) is 0 Å². The lowest BCUT2D eigenvalue weighted by atomic mass is 10.0. The lowest BCUT2D eigenvalue weighted by Gasteiger charge is -2.16. The molecule has 0 radical (unpaired) electrons. The molecule has 1 fully saturated rings. The minimum Gasteiger partial charge on any atom is -0.326 e. The van der Waals surface area contributed by atoms with Crippen LogP contribution in [0.5, 0.6) is 0 Å². The molecule has 134 valence electrons. The number of nitrogens with one attached hydrogen (secondary N) is 3. The van der Waals surface area contributed by atoms with Gasteiger partial charge in [-0.25, -0.2) is 4.39 Å². The normalized spacial score (nSPS) is 14.2. The molecule has 3 amide bonds. The average Bonchev–Trinajstić information content (AvgIpc) is 3.36. The Labute approximate surface area is 149 Å². The van der Waals surface area contributed by atoms with E-state index >= 15 is 0 Å². The third-order valence-corrected chi connectivity index (χ3v) is 4.14. The fourth-order valence-corrected chi connectivity index (χ4v) is 2.63. The summed E-state index contributed by atoms with van der Waals surface area (Å²) in [6.45, 7) is 1.39. The van der Waals surface area contributed by atoms with Crippen molar-refractivity contribution >= 4 is 34.8 Å². The van der Waals surface area contributed by atoms with Crippen molar-refractivity contribution in [1.29, 1.82) is 0 Å². The number of anilines is 3. The summed E-state index contributed by atoms with van der Waals surface area (Å²) in [4.78, 5) is 36.2. The summed E-state index contributed by atoms with van der Waals surface area (Å²) in [6.07, 6.45) is 0.844. The molecule has 0 aliphatic heterocycles. The Balaban J connectivity index is 1.69. The van der Waals surface area contributed by atoms with Crippen molar-refractivity contribution < 1.29 is 18.8 Å². The van der Waals surface area contributed by atoms with Crippen molar-refractivity contribution in [3.63, 3.8) is 0 Å². The standard InChI is InChI=1S/C19H18FN3O3/c1-12(24)21-15-6-3-7-16(11-15)23-18(26)19(8-9-19)17(25)22-14-5-2-4-13(20)10-14/h2-7,10-11H,8-9H2,1H3,(H,21,24)(H,22,25)(H,23,26). The highest BCUT2D eigenvalue weighted by atomic mass is 19.1. The molecular formula is C19H18FN3O3. The summed E-state index contributed by atoms with van der Waals surface area (Å²) in [5.74, 6) is -1.57. The molecule has 26 heavy (non-hydrogen) atoms. The summed E-state index contributed by atoms with van der Waals surface area (Å²) in [7, 11) is 0. The van der Waals surface area contributed by atoms with Crippen LogP contribution in [-0.4, -0.2) is 17.7 Å². The van der Waals surface area contributed by atoms with Crippen molar-refractivity contribution in [2.45, 2.75) is 19.8 Å².